The Labute approximate surface area is 100 Å². The Morgan fingerprint density at radius 3 is 2.33 bits per heavy atom. The van der Waals surface area contributed by atoms with Crippen molar-refractivity contribution in [2.24, 2.45) is 0 Å². The van der Waals surface area contributed by atoms with Gasteiger partial charge in [-0.2, -0.15) is 0 Å². The number of halogens is 2. The van der Waals surface area contributed by atoms with Crippen molar-refractivity contribution in [1.82, 2.24) is 5.32 Å². The molecule has 15 heavy (non-hydrogen) atoms. The van der Waals surface area contributed by atoms with Crippen molar-refractivity contribution in [3.05, 3.63) is 35.9 Å². The molecule has 0 amide bonds. The predicted octanol–water partition coefficient (Wildman–Crippen LogP) is 1.98. The number of nitrogens with one attached hydrogen (secondary N) is 1. The van der Waals surface area contributed by atoms with Crippen LogP contribution >= 0.6 is 23.2 Å². The van der Waals surface area contributed by atoms with Crippen LogP contribution in [0.1, 0.15) is 5.56 Å². The van der Waals surface area contributed by atoms with Gasteiger partial charge in [0, 0.05) is 6.04 Å². The first-order valence-electron chi connectivity index (χ1n) is 4.82. The molecule has 0 fully saturated rings. The molecule has 2 atom stereocenters. The minimum atomic E-state index is -0.772. The van der Waals surface area contributed by atoms with E-state index >= 15 is 0 Å². The topological polar surface area (TPSA) is 32.3 Å². The van der Waals surface area contributed by atoms with Crippen LogP contribution in [0.2, 0.25) is 0 Å². The zero-order valence-electron chi connectivity index (χ0n) is 8.53. The van der Waals surface area contributed by atoms with Crippen molar-refractivity contribution in [3.8, 4) is 0 Å². The molecule has 2 nitrogen and oxygen atoms in total. The van der Waals surface area contributed by atoms with Crippen molar-refractivity contribution in [2.75, 3.05) is 7.05 Å². The zero-order valence-corrected chi connectivity index (χ0v) is 10.0. The van der Waals surface area contributed by atoms with Gasteiger partial charge in [0.1, 0.15) is 4.84 Å². The fourth-order valence-corrected chi connectivity index (χ4v) is 1.79. The van der Waals surface area contributed by atoms with Crippen LogP contribution < -0.4 is 5.32 Å². The summed E-state index contributed by atoms with van der Waals surface area (Å²) in [5, 5.41) is 12.7. The first-order valence-corrected chi connectivity index (χ1v) is 5.70. The van der Waals surface area contributed by atoms with E-state index in [1.165, 1.54) is 0 Å². The molecule has 1 aromatic carbocycles. The second-order valence-electron chi connectivity index (χ2n) is 3.41. The molecule has 2 unspecified atom stereocenters. The Morgan fingerprint density at radius 2 is 1.87 bits per heavy atom. The molecule has 0 aliphatic heterocycles. The molecule has 2 N–H and O–H groups in total. The third kappa shape index (κ3) is 3.99. The quantitative estimate of drug-likeness (QED) is 0.781. The summed E-state index contributed by atoms with van der Waals surface area (Å²) in [6, 6.07) is 9.77. The Bertz CT molecular complexity index is 279. The lowest BCUT2D eigenvalue weighted by molar-refractivity contribution is 0.143. The summed E-state index contributed by atoms with van der Waals surface area (Å²) in [5.74, 6) is 0. The smallest absolute Gasteiger partial charge is 0.135 e. The maximum Gasteiger partial charge on any atom is 0.135 e. The number of aliphatic hydroxyl groups excluding tert-OH is 1. The lowest BCUT2D eigenvalue weighted by atomic mass is 10.0. The summed E-state index contributed by atoms with van der Waals surface area (Å²) in [4.78, 5) is -0.772. The molecule has 0 bridgehead atoms. The molecule has 0 radical (unpaired) electrons. The number of benzene rings is 1. The molecule has 0 saturated heterocycles. The molecule has 0 heterocycles. The number of likely N-dealkylation sites (N-methyl/N-ethyl adjacent to an activating group) is 1. The molecule has 0 aromatic heterocycles. The first kappa shape index (κ1) is 12.8. The van der Waals surface area contributed by atoms with E-state index in [4.69, 9.17) is 23.2 Å². The highest BCUT2D eigenvalue weighted by atomic mass is 35.5. The monoisotopic (exact) mass is 247 g/mol. The molecular weight excluding hydrogens is 233 g/mol. The molecule has 0 aliphatic rings. The van der Waals surface area contributed by atoms with Crippen molar-refractivity contribution in [1.29, 1.82) is 0 Å². The van der Waals surface area contributed by atoms with Crippen molar-refractivity contribution in [3.63, 3.8) is 0 Å². The number of hydrogen-bond donors (Lipinski definition) is 2. The standard InChI is InChI=1S/C11H15Cl2NO/c1-14-9(10(15)11(12)13)7-8-5-3-2-4-6-8/h2-6,9-11,14-15H,7H2,1H3. The predicted molar refractivity (Wildman–Crippen MR) is 64.5 cm³/mol. The second kappa shape index (κ2) is 6.33. The molecule has 1 rings (SSSR count). The fourth-order valence-electron chi connectivity index (χ4n) is 1.44. The van der Waals surface area contributed by atoms with Gasteiger partial charge in [0.2, 0.25) is 0 Å². The van der Waals surface area contributed by atoms with Crippen LogP contribution in [0.25, 0.3) is 0 Å². The largest absolute Gasteiger partial charge is 0.389 e. The van der Waals surface area contributed by atoms with Crippen LogP contribution in [-0.4, -0.2) is 29.1 Å². The summed E-state index contributed by atoms with van der Waals surface area (Å²) >= 11 is 11.3. The number of aliphatic hydroxyl groups is 1. The van der Waals surface area contributed by atoms with Crippen LogP contribution in [0.5, 0.6) is 0 Å². The van der Waals surface area contributed by atoms with Gasteiger partial charge in [-0.25, -0.2) is 0 Å². The Balaban J connectivity index is 2.62. The normalized spacial score (nSPS) is 15.3. The van der Waals surface area contributed by atoms with Gasteiger partial charge in [0.05, 0.1) is 6.10 Å². The Morgan fingerprint density at radius 1 is 1.27 bits per heavy atom. The Hall–Kier alpha value is -0.280. The maximum atomic E-state index is 9.72. The molecule has 1 aromatic rings. The van der Waals surface area contributed by atoms with Crippen LogP contribution in [-0.2, 0) is 6.42 Å². The van der Waals surface area contributed by atoms with Gasteiger partial charge < -0.3 is 10.4 Å². The highest BCUT2D eigenvalue weighted by Gasteiger charge is 2.23. The minimum Gasteiger partial charge on any atom is -0.389 e. The van der Waals surface area contributed by atoms with Gasteiger partial charge in [-0.05, 0) is 19.0 Å². The summed E-state index contributed by atoms with van der Waals surface area (Å²) in [7, 11) is 1.78. The number of alkyl halides is 2. The molecular formula is C11H15Cl2NO. The number of rotatable bonds is 5. The minimum absolute atomic E-state index is 0.132. The Kier molecular flexibility index (Phi) is 5.40. The van der Waals surface area contributed by atoms with Gasteiger partial charge in [0.25, 0.3) is 0 Å². The average molecular weight is 248 g/mol. The van der Waals surface area contributed by atoms with E-state index in [1.54, 1.807) is 7.05 Å². The third-order valence-corrected chi connectivity index (χ3v) is 2.86. The first-order chi connectivity index (χ1) is 7.15. The molecule has 0 aliphatic carbocycles. The van der Waals surface area contributed by atoms with Gasteiger partial charge in [0.15, 0.2) is 0 Å². The van der Waals surface area contributed by atoms with E-state index in [2.05, 4.69) is 5.32 Å². The molecule has 4 heteroatoms. The lowest BCUT2D eigenvalue weighted by Crippen LogP contribution is -2.42. The van der Waals surface area contributed by atoms with E-state index in [9.17, 15) is 5.11 Å². The summed E-state index contributed by atoms with van der Waals surface area (Å²) < 4.78 is 0. The van der Waals surface area contributed by atoms with E-state index < -0.39 is 10.9 Å². The van der Waals surface area contributed by atoms with Crippen LogP contribution in [0.4, 0.5) is 0 Å². The van der Waals surface area contributed by atoms with Gasteiger partial charge in [-0.15, -0.1) is 23.2 Å². The summed E-state index contributed by atoms with van der Waals surface area (Å²) in [5.41, 5.74) is 1.14. The molecule has 0 spiro atoms. The fraction of sp³-hybridized carbons (Fsp3) is 0.455. The van der Waals surface area contributed by atoms with E-state index in [-0.39, 0.29) is 6.04 Å². The highest BCUT2D eigenvalue weighted by molar-refractivity contribution is 6.44. The molecule has 0 saturated carbocycles. The summed E-state index contributed by atoms with van der Waals surface area (Å²) in [6.07, 6.45) is -0.0624. The summed E-state index contributed by atoms with van der Waals surface area (Å²) in [6.45, 7) is 0. The van der Waals surface area contributed by atoms with Crippen molar-refractivity contribution >= 4 is 23.2 Å². The maximum absolute atomic E-state index is 9.72. The van der Waals surface area contributed by atoms with E-state index in [0.29, 0.717) is 6.42 Å². The van der Waals surface area contributed by atoms with Crippen molar-refractivity contribution < 1.29 is 5.11 Å². The SMILES string of the molecule is CNC(Cc1ccccc1)C(O)C(Cl)Cl. The zero-order chi connectivity index (χ0) is 11.3. The van der Waals surface area contributed by atoms with Gasteiger partial charge in [-0.3, -0.25) is 0 Å². The van der Waals surface area contributed by atoms with Crippen LogP contribution in [0.15, 0.2) is 30.3 Å². The van der Waals surface area contributed by atoms with Crippen LogP contribution in [0, 0.1) is 0 Å². The van der Waals surface area contributed by atoms with Crippen molar-refractivity contribution in [2.45, 2.75) is 23.4 Å². The second-order valence-corrected chi connectivity index (χ2v) is 4.57. The average Bonchev–Trinajstić information content (AvgIpc) is 2.26. The lowest BCUT2D eigenvalue weighted by Gasteiger charge is -2.23. The highest BCUT2D eigenvalue weighted by Crippen LogP contribution is 2.14. The van der Waals surface area contributed by atoms with E-state index in [1.807, 2.05) is 30.3 Å². The van der Waals surface area contributed by atoms with Gasteiger partial charge >= 0.3 is 0 Å². The number of hydrogen-bond acceptors (Lipinski definition) is 2. The third-order valence-electron chi connectivity index (χ3n) is 2.34. The van der Waals surface area contributed by atoms with E-state index in [0.717, 1.165) is 5.56 Å². The van der Waals surface area contributed by atoms with Gasteiger partial charge in [-0.1, -0.05) is 30.3 Å². The van der Waals surface area contributed by atoms with Crippen LogP contribution in [0.3, 0.4) is 0 Å². The molecule has 84 valence electrons.